The average Bonchev–Trinajstić information content (AvgIpc) is 2.53. The number of hydrogen-bond acceptors (Lipinski definition) is 4. The molecular weight excluding hydrogens is 308 g/mol. The monoisotopic (exact) mass is 320 g/mol. The summed E-state index contributed by atoms with van der Waals surface area (Å²) in [4.78, 5) is 22.3. The van der Waals surface area contributed by atoms with Crippen LogP contribution in [0, 0.1) is 10.1 Å². The van der Waals surface area contributed by atoms with Gasteiger partial charge in [-0.1, -0.05) is 29.8 Å². The fourth-order valence-electron chi connectivity index (χ4n) is 1.92. The van der Waals surface area contributed by atoms with Crippen LogP contribution in [0.15, 0.2) is 42.5 Å². The molecule has 0 saturated heterocycles. The van der Waals surface area contributed by atoms with Gasteiger partial charge in [-0.15, -0.1) is 0 Å². The Hall–Kier alpha value is -2.60. The highest BCUT2D eigenvalue weighted by Gasteiger charge is 2.16. The van der Waals surface area contributed by atoms with Crippen LogP contribution >= 0.6 is 11.6 Å². The molecule has 22 heavy (non-hydrogen) atoms. The van der Waals surface area contributed by atoms with E-state index in [-0.39, 0.29) is 22.8 Å². The predicted octanol–water partition coefficient (Wildman–Crippen LogP) is 3.19. The maximum atomic E-state index is 12.2. The second kappa shape index (κ2) is 6.91. The zero-order valence-electron chi connectivity index (χ0n) is 11.7. The molecule has 0 aliphatic heterocycles. The van der Waals surface area contributed by atoms with E-state index in [0.717, 1.165) is 11.6 Å². The van der Waals surface area contributed by atoms with Crippen molar-refractivity contribution in [1.82, 2.24) is 5.32 Å². The van der Waals surface area contributed by atoms with Gasteiger partial charge in [-0.05, 0) is 12.1 Å². The molecule has 0 spiro atoms. The second-order valence-corrected chi connectivity index (χ2v) is 4.82. The molecule has 114 valence electrons. The molecule has 0 bridgehead atoms. The number of methoxy groups -OCH3 is 1. The van der Waals surface area contributed by atoms with Crippen molar-refractivity contribution in [2.75, 3.05) is 7.11 Å². The Morgan fingerprint density at radius 3 is 2.73 bits per heavy atom. The lowest BCUT2D eigenvalue weighted by molar-refractivity contribution is -0.384. The third kappa shape index (κ3) is 3.53. The van der Waals surface area contributed by atoms with Crippen LogP contribution in [-0.4, -0.2) is 17.9 Å². The van der Waals surface area contributed by atoms with Crippen molar-refractivity contribution >= 4 is 23.2 Å². The van der Waals surface area contributed by atoms with E-state index in [4.69, 9.17) is 16.3 Å². The first-order chi connectivity index (χ1) is 10.5. The minimum absolute atomic E-state index is 0.0609. The van der Waals surface area contributed by atoms with Crippen molar-refractivity contribution in [3.05, 3.63) is 68.7 Å². The number of carbonyl (C=O) groups is 1. The Kier molecular flexibility index (Phi) is 4.95. The van der Waals surface area contributed by atoms with Gasteiger partial charge < -0.3 is 10.1 Å². The summed E-state index contributed by atoms with van der Waals surface area (Å²) >= 11 is 5.93. The molecule has 0 fully saturated rings. The Morgan fingerprint density at radius 2 is 2.05 bits per heavy atom. The van der Waals surface area contributed by atoms with Crippen LogP contribution < -0.4 is 10.1 Å². The Bertz CT molecular complexity index is 718. The highest BCUT2D eigenvalue weighted by molar-refractivity contribution is 6.33. The van der Waals surface area contributed by atoms with Crippen LogP contribution in [0.4, 0.5) is 5.69 Å². The van der Waals surface area contributed by atoms with E-state index in [0.29, 0.717) is 5.75 Å². The zero-order chi connectivity index (χ0) is 16.1. The molecule has 1 amide bonds. The summed E-state index contributed by atoms with van der Waals surface area (Å²) in [5, 5.41) is 13.6. The van der Waals surface area contributed by atoms with E-state index in [9.17, 15) is 14.9 Å². The summed E-state index contributed by atoms with van der Waals surface area (Å²) in [7, 11) is 1.54. The van der Waals surface area contributed by atoms with Crippen molar-refractivity contribution in [1.29, 1.82) is 0 Å². The molecule has 2 rings (SSSR count). The largest absolute Gasteiger partial charge is 0.496 e. The molecule has 0 aliphatic carbocycles. The van der Waals surface area contributed by atoms with Gasteiger partial charge in [-0.3, -0.25) is 14.9 Å². The second-order valence-electron chi connectivity index (χ2n) is 4.42. The van der Waals surface area contributed by atoms with Crippen molar-refractivity contribution in [2.45, 2.75) is 6.54 Å². The minimum Gasteiger partial charge on any atom is -0.496 e. The highest BCUT2D eigenvalue weighted by atomic mass is 35.5. The van der Waals surface area contributed by atoms with Gasteiger partial charge in [0.25, 0.3) is 11.6 Å². The highest BCUT2D eigenvalue weighted by Crippen LogP contribution is 2.22. The summed E-state index contributed by atoms with van der Waals surface area (Å²) in [6.45, 7) is 0.224. The Labute approximate surface area is 131 Å². The molecule has 0 aromatic heterocycles. The number of nitro groups is 1. The summed E-state index contributed by atoms with van der Waals surface area (Å²) < 4.78 is 5.19. The third-order valence-corrected chi connectivity index (χ3v) is 3.37. The lowest BCUT2D eigenvalue weighted by Crippen LogP contribution is -2.23. The van der Waals surface area contributed by atoms with E-state index in [2.05, 4.69) is 5.32 Å². The van der Waals surface area contributed by atoms with Gasteiger partial charge in [-0.25, -0.2) is 0 Å². The molecule has 0 saturated carbocycles. The summed E-state index contributed by atoms with van der Waals surface area (Å²) in [6.07, 6.45) is 0. The zero-order valence-corrected chi connectivity index (χ0v) is 12.5. The first-order valence-corrected chi connectivity index (χ1v) is 6.74. The van der Waals surface area contributed by atoms with E-state index in [1.54, 1.807) is 6.07 Å². The number of hydrogen-bond donors (Lipinski definition) is 1. The van der Waals surface area contributed by atoms with Crippen molar-refractivity contribution < 1.29 is 14.5 Å². The quantitative estimate of drug-likeness (QED) is 0.677. The molecule has 0 radical (unpaired) electrons. The lowest BCUT2D eigenvalue weighted by atomic mass is 10.1. The number of nitro benzene ring substituents is 1. The first-order valence-electron chi connectivity index (χ1n) is 6.37. The van der Waals surface area contributed by atoms with Gasteiger partial charge in [0.2, 0.25) is 0 Å². The molecule has 0 aliphatic rings. The molecule has 7 heteroatoms. The van der Waals surface area contributed by atoms with Crippen LogP contribution in [-0.2, 0) is 6.54 Å². The maximum Gasteiger partial charge on any atom is 0.270 e. The molecule has 2 aromatic rings. The lowest BCUT2D eigenvalue weighted by Gasteiger charge is -2.10. The number of para-hydroxylation sites is 1. The summed E-state index contributed by atoms with van der Waals surface area (Å²) in [6, 6.07) is 11.0. The Balaban J connectivity index is 2.16. The van der Waals surface area contributed by atoms with Gasteiger partial charge in [0, 0.05) is 24.2 Å². The number of non-ortho nitro benzene ring substituents is 1. The predicted molar refractivity (Wildman–Crippen MR) is 82.3 cm³/mol. The number of rotatable bonds is 5. The van der Waals surface area contributed by atoms with Gasteiger partial charge in [-0.2, -0.15) is 0 Å². The van der Waals surface area contributed by atoms with Crippen LogP contribution in [0.1, 0.15) is 15.9 Å². The number of benzene rings is 2. The summed E-state index contributed by atoms with van der Waals surface area (Å²) in [5.41, 5.74) is 0.664. The minimum atomic E-state index is -0.576. The molecular formula is C15H13ClN2O4. The number of ether oxygens (including phenoxy) is 1. The van der Waals surface area contributed by atoms with E-state index in [1.807, 2.05) is 18.2 Å². The number of nitrogens with one attached hydrogen (secondary N) is 1. The van der Waals surface area contributed by atoms with Crippen molar-refractivity contribution in [2.24, 2.45) is 0 Å². The van der Waals surface area contributed by atoms with Crippen LogP contribution in [0.5, 0.6) is 5.75 Å². The molecule has 1 N–H and O–H groups in total. The van der Waals surface area contributed by atoms with Gasteiger partial charge in [0.15, 0.2) is 0 Å². The van der Waals surface area contributed by atoms with Gasteiger partial charge >= 0.3 is 0 Å². The molecule has 6 nitrogen and oxygen atoms in total. The Morgan fingerprint density at radius 1 is 1.32 bits per heavy atom. The number of carbonyl (C=O) groups excluding carboxylic acids is 1. The fourth-order valence-corrected chi connectivity index (χ4v) is 2.12. The normalized spacial score (nSPS) is 10.1. The average molecular weight is 321 g/mol. The van der Waals surface area contributed by atoms with Crippen LogP contribution in [0.2, 0.25) is 5.02 Å². The van der Waals surface area contributed by atoms with Crippen molar-refractivity contribution in [3.8, 4) is 5.75 Å². The first kappa shape index (κ1) is 15.8. The fraction of sp³-hybridized carbons (Fsp3) is 0.133. The van der Waals surface area contributed by atoms with Gasteiger partial charge in [0.1, 0.15) is 5.75 Å². The number of amides is 1. The van der Waals surface area contributed by atoms with E-state index < -0.39 is 10.8 Å². The standard InChI is InChI=1S/C15H13ClN2O4/c1-22-14-5-3-2-4-10(14)9-17-15(19)12-8-11(18(20)21)6-7-13(12)16/h2-8H,9H2,1H3,(H,17,19). The smallest absolute Gasteiger partial charge is 0.270 e. The molecule has 2 aromatic carbocycles. The topological polar surface area (TPSA) is 81.5 Å². The molecule has 0 atom stereocenters. The summed E-state index contributed by atoms with van der Waals surface area (Å²) in [5.74, 6) is 0.160. The third-order valence-electron chi connectivity index (χ3n) is 3.04. The molecule has 0 unspecified atom stereocenters. The molecule has 0 heterocycles. The van der Waals surface area contributed by atoms with Crippen molar-refractivity contribution in [3.63, 3.8) is 0 Å². The van der Waals surface area contributed by atoms with Gasteiger partial charge in [0.05, 0.1) is 22.6 Å². The maximum absolute atomic E-state index is 12.2. The van der Waals surface area contributed by atoms with Crippen LogP contribution in [0.25, 0.3) is 0 Å². The van der Waals surface area contributed by atoms with E-state index >= 15 is 0 Å². The van der Waals surface area contributed by atoms with E-state index in [1.165, 1.54) is 19.2 Å². The number of nitrogens with zero attached hydrogens (tertiary/aromatic N) is 1. The SMILES string of the molecule is COc1ccccc1CNC(=O)c1cc([N+](=O)[O-])ccc1Cl. The number of halogens is 1. The van der Waals surface area contributed by atoms with Crippen LogP contribution in [0.3, 0.4) is 0 Å².